The van der Waals surface area contributed by atoms with Crippen LogP contribution in [0.3, 0.4) is 0 Å². The number of para-hydroxylation sites is 2. The molecule has 1 heterocycles. The first-order valence-electron chi connectivity index (χ1n) is 11.8. The van der Waals surface area contributed by atoms with Gasteiger partial charge in [-0.3, -0.25) is 9.59 Å². The summed E-state index contributed by atoms with van der Waals surface area (Å²) in [5.74, 6) is 1.90. The maximum atomic E-state index is 13.3. The molecule has 1 aromatic heterocycles. The van der Waals surface area contributed by atoms with Crippen molar-refractivity contribution in [1.29, 1.82) is 0 Å². The molecule has 170 valence electrons. The van der Waals surface area contributed by atoms with Gasteiger partial charge in [-0.1, -0.05) is 59.1 Å². The number of hydrogen-bond acceptors (Lipinski definition) is 3. The van der Waals surface area contributed by atoms with Gasteiger partial charge in [0.05, 0.1) is 17.6 Å². The van der Waals surface area contributed by atoms with Crippen LogP contribution in [-0.2, 0) is 22.7 Å². The van der Waals surface area contributed by atoms with Crippen molar-refractivity contribution >= 4 is 22.8 Å². The Morgan fingerprint density at radius 2 is 1.71 bits per heavy atom. The molecule has 0 unspecified atom stereocenters. The molecule has 1 aliphatic carbocycles. The number of carbonyl (C=O) groups is 2. The molecule has 1 aromatic carbocycles. The zero-order chi connectivity index (χ0) is 22.4. The van der Waals surface area contributed by atoms with E-state index < -0.39 is 0 Å². The second-order valence-electron chi connectivity index (χ2n) is 9.74. The van der Waals surface area contributed by atoms with Crippen LogP contribution < -0.4 is 5.32 Å². The highest BCUT2D eigenvalue weighted by atomic mass is 16.2. The standard InChI is InChI=1S/C25H38N4O2/c1-18(2)15-28(16-19(3)4)24(30)17-29-22-13-9-8-12-21(22)27-23(29)14-26-25(31)20-10-6-5-7-11-20/h8-9,12-13,18-20H,5-7,10-11,14-17H2,1-4H3,(H,26,31). The summed E-state index contributed by atoms with van der Waals surface area (Å²) in [5, 5.41) is 3.09. The quantitative estimate of drug-likeness (QED) is 0.647. The highest BCUT2D eigenvalue weighted by molar-refractivity contribution is 5.82. The van der Waals surface area contributed by atoms with Crippen molar-refractivity contribution in [3.8, 4) is 0 Å². The minimum absolute atomic E-state index is 0.102. The summed E-state index contributed by atoms with van der Waals surface area (Å²) in [5.41, 5.74) is 1.79. The highest BCUT2D eigenvalue weighted by Gasteiger charge is 2.23. The SMILES string of the molecule is CC(C)CN(CC(C)C)C(=O)Cn1c(CNC(=O)C2CCCCC2)nc2ccccc21. The first-order chi connectivity index (χ1) is 14.8. The smallest absolute Gasteiger partial charge is 0.242 e. The largest absolute Gasteiger partial charge is 0.349 e. The second kappa shape index (κ2) is 10.8. The number of imidazole rings is 1. The molecule has 1 fully saturated rings. The lowest BCUT2D eigenvalue weighted by molar-refractivity contribution is -0.132. The van der Waals surface area contributed by atoms with Gasteiger partial charge in [0.1, 0.15) is 12.4 Å². The van der Waals surface area contributed by atoms with E-state index in [2.05, 4.69) is 33.0 Å². The monoisotopic (exact) mass is 426 g/mol. The van der Waals surface area contributed by atoms with Gasteiger partial charge in [-0.2, -0.15) is 0 Å². The Bertz CT molecular complexity index is 871. The number of nitrogens with one attached hydrogen (secondary N) is 1. The van der Waals surface area contributed by atoms with Crippen molar-refractivity contribution in [1.82, 2.24) is 19.8 Å². The summed E-state index contributed by atoms with van der Waals surface area (Å²) >= 11 is 0. The van der Waals surface area contributed by atoms with Crippen molar-refractivity contribution in [2.45, 2.75) is 72.9 Å². The van der Waals surface area contributed by atoms with E-state index in [-0.39, 0.29) is 24.3 Å². The van der Waals surface area contributed by atoms with E-state index in [4.69, 9.17) is 4.98 Å². The molecule has 0 radical (unpaired) electrons. The average Bonchev–Trinajstić information content (AvgIpc) is 3.09. The third-order valence-electron chi connectivity index (χ3n) is 5.95. The van der Waals surface area contributed by atoms with Crippen LogP contribution in [-0.4, -0.2) is 39.4 Å². The van der Waals surface area contributed by atoms with Crippen LogP contribution in [0.4, 0.5) is 0 Å². The predicted molar refractivity (Wildman–Crippen MR) is 124 cm³/mol. The molecule has 6 nitrogen and oxygen atoms in total. The zero-order valence-electron chi connectivity index (χ0n) is 19.6. The number of aromatic nitrogens is 2. The van der Waals surface area contributed by atoms with Gasteiger partial charge in [0.25, 0.3) is 0 Å². The van der Waals surface area contributed by atoms with Gasteiger partial charge >= 0.3 is 0 Å². The van der Waals surface area contributed by atoms with Crippen LogP contribution in [0.2, 0.25) is 0 Å². The Kier molecular flexibility index (Phi) is 8.10. The molecule has 31 heavy (non-hydrogen) atoms. The molecular weight excluding hydrogens is 388 g/mol. The fourth-order valence-corrected chi connectivity index (χ4v) is 4.51. The number of carbonyl (C=O) groups excluding carboxylic acids is 2. The molecular formula is C25H38N4O2. The van der Waals surface area contributed by atoms with Crippen LogP contribution in [0.25, 0.3) is 11.0 Å². The summed E-state index contributed by atoms with van der Waals surface area (Å²) in [7, 11) is 0. The van der Waals surface area contributed by atoms with Crippen molar-refractivity contribution in [3.63, 3.8) is 0 Å². The van der Waals surface area contributed by atoms with Gasteiger partial charge in [-0.25, -0.2) is 4.98 Å². The van der Waals surface area contributed by atoms with Crippen molar-refractivity contribution in [2.75, 3.05) is 13.1 Å². The van der Waals surface area contributed by atoms with E-state index in [1.54, 1.807) is 0 Å². The van der Waals surface area contributed by atoms with Gasteiger partial charge in [0, 0.05) is 19.0 Å². The summed E-state index contributed by atoms with van der Waals surface area (Å²) in [4.78, 5) is 32.6. The minimum Gasteiger partial charge on any atom is -0.349 e. The van der Waals surface area contributed by atoms with Crippen molar-refractivity contribution in [2.24, 2.45) is 17.8 Å². The molecule has 0 saturated heterocycles. The molecule has 2 aromatic rings. The van der Waals surface area contributed by atoms with E-state index >= 15 is 0 Å². The molecule has 6 heteroatoms. The van der Waals surface area contributed by atoms with Gasteiger partial charge in [-0.05, 0) is 36.8 Å². The second-order valence-corrected chi connectivity index (χ2v) is 9.74. The maximum Gasteiger partial charge on any atom is 0.242 e. The number of hydrogen-bond donors (Lipinski definition) is 1. The molecule has 0 bridgehead atoms. The highest BCUT2D eigenvalue weighted by Crippen LogP contribution is 2.24. The van der Waals surface area contributed by atoms with Crippen molar-refractivity contribution in [3.05, 3.63) is 30.1 Å². The van der Waals surface area contributed by atoms with Crippen LogP contribution >= 0.6 is 0 Å². The molecule has 0 spiro atoms. The molecule has 1 saturated carbocycles. The number of fused-ring (bicyclic) bond motifs is 1. The Morgan fingerprint density at radius 1 is 1.06 bits per heavy atom. The Labute approximate surface area is 186 Å². The fourth-order valence-electron chi connectivity index (χ4n) is 4.51. The zero-order valence-corrected chi connectivity index (χ0v) is 19.6. The Hall–Kier alpha value is -2.37. The predicted octanol–water partition coefficient (Wildman–Crippen LogP) is 4.37. The minimum atomic E-state index is 0.102. The third kappa shape index (κ3) is 6.31. The van der Waals surface area contributed by atoms with E-state index in [0.29, 0.717) is 18.4 Å². The molecule has 0 aliphatic heterocycles. The van der Waals surface area contributed by atoms with E-state index in [9.17, 15) is 9.59 Å². The lowest BCUT2D eigenvalue weighted by Gasteiger charge is -2.27. The summed E-state index contributed by atoms with van der Waals surface area (Å²) < 4.78 is 1.98. The lowest BCUT2D eigenvalue weighted by Crippen LogP contribution is -2.39. The molecule has 3 rings (SSSR count). The van der Waals surface area contributed by atoms with Gasteiger partial charge in [0.15, 0.2) is 0 Å². The summed E-state index contributed by atoms with van der Waals surface area (Å²) in [6, 6.07) is 7.88. The third-order valence-corrected chi connectivity index (χ3v) is 5.95. The van der Waals surface area contributed by atoms with Crippen molar-refractivity contribution < 1.29 is 9.59 Å². The van der Waals surface area contributed by atoms with Gasteiger partial charge in [0.2, 0.25) is 11.8 Å². The van der Waals surface area contributed by atoms with Crippen LogP contribution in [0.15, 0.2) is 24.3 Å². The van der Waals surface area contributed by atoms with Crippen LogP contribution in [0, 0.1) is 17.8 Å². The average molecular weight is 427 g/mol. The Balaban J connectivity index is 1.78. The molecule has 2 amide bonds. The number of nitrogens with zero attached hydrogens (tertiary/aromatic N) is 3. The number of rotatable bonds is 9. The van der Waals surface area contributed by atoms with Gasteiger partial charge in [-0.15, -0.1) is 0 Å². The van der Waals surface area contributed by atoms with E-state index in [0.717, 1.165) is 55.6 Å². The van der Waals surface area contributed by atoms with E-state index in [1.165, 1.54) is 6.42 Å². The van der Waals surface area contributed by atoms with Crippen LogP contribution in [0.1, 0.15) is 65.6 Å². The number of benzene rings is 1. The molecule has 1 N–H and O–H groups in total. The fraction of sp³-hybridized carbons (Fsp3) is 0.640. The Morgan fingerprint density at radius 3 is 2.35 bits per heavy atom. The maximum absolute atomic E-state index is 13.3. The summed E-state index contributed by atoms with van der Waals surface area (Å²) in [6.07, 6.45) is 5.43. The van der Waals surface area contributed by atoms with Gasteiger partial charge < -0.3 is 14.8 Å². The topological polar surface area (TPSA) is 67.2 Å². The molecule has 0 atom stereocenters. The molecule has 1 aliphatic rings. The first-order valence-corrected chi connectivity index (χ1v) is 11.8. The number of amides is 2. The normalized spacial score (nSPS) is 15.0. The lowest BCUT2D eigenvalue weighted by atomic mass is 9.89. The van der Waals surface area contributed by atoms with E-state index in [1.807, 2.05) is 33.7 Å². The summed E-state index contributed by atoms with van der Waals surface area (Å²) in [6.45, 7) is 10.6. The first kappa shape index (κ1) is 23.3. The van der Waals surface area contributed by atoms with Crippen LogP contribution in [0.5, 0.6) is 0 Å².